The monoisotopic (exact) mass is 351 g/mol. The summed E-state index contributed by atoms with van der Waals surface area (Å²) in [5.74, 6) is 0.276. The van der Waals surface area contributed by atoms with Crippen LogP contribution in [0, 0.1) is 5.82 Å². The SMILES string of the molecule is Cn1cc(C(N)c2nc(-c3ccc(F)c(Br)c3)no2)cn1. The van der Waals surface area contributed by atoms with Crippen molar-refractivity contribution in [3.63, 3.8) is 0 Å². The molecular weight excluding hydrogens is 341 g/mol. The zero-order valence-electron chi connectivity index (χ0n) is 11.0. The second-order valence-electron chi connectivity index (χ2n) is 4.51. The highest BCUT2D eigenvalue weighted by Crippen LogP contribution is 2.25. The van der Waals surface area contributed by atoms with Crippen molar-refractivity contribution < 1.29 is 8.91 Å². The van der Waals surface area contributed by atoms with Crippen LogP contribution in [0.1, 0.15) is 17.5 Å². The van der Waals surface area contributed by atoms with E-state index in [4.69, 9.17) is 10.3 Å². The van der Waals surface area contributed by atoms with Crippen LogP contribution < -0.4 is 5.73 Å². The lowest BCUT2D eigenvalue weighted by atomic mass is 10.2. The maximum absolute atomic E-state index is 13.2. The number of aromatic nitrogens is 4. The van der Waals surface area contributed by atoms with Gasteiger partial charge in [-0.3, -0.25) is 4.68 Å². The van der Waals surface area contributed by atoms with Crippen LogP contribution in [0.15, 0.2) is 39.6 Å². The van der Waals surface area contributed by atoms with Crippen molar-refractivity contribution in [1.82, 2.24) is 19.9 Å². The number of benzene rings is 1. The Morgan fingerprint density at radius 3 is 2.90 bits per heavy atom. The standard InChI is InChI=1S/C13H11BrFN5O/c1-20-6-8(5-17-20)11(16)13-18-12(19-21-13)7-2-3-10(15)9(14)4-7/h2-6,11H,16H2,1H3. The minimum atomic E-state index is -0.552. The first-order valence-corrected chi connectivity index (χ1v) is 6.87. The highest BCUT2D eigenvalue weighted by molar-refractivity contribution is 9.10. The quantitative estimate of drug-likeness (QED) is 0.783. The molecule has 6 nitrogen and oxygen atoms in total. The molecule has 1 aromatic carbocycles. The van der Waals surface area contributed by atoms with Gasteiger partial charge in [0.1, 0.15) is 11.9 Å². The van der Waals surface area contributed by atoms with E-state index in [0.717, 1.165) is 5.56 Å². The molecule has 1 unspecified atom stereocenters. The number of hydrogen-bond acceptors (Lipinski definition) is 5. The molecule has 0 radical (unpaired) electrons. The Morgan fingerprint density at radius 1 is 1.43 bits per heavy atom. The molecule has 0 saturated carbocycles. The van der Waals surface area contributed by atoms with E-state index in [-0.39, 0.29) is 11.7 Å². The fraction of sp³-hybridized carbons (Fsp3) is 0.154. The number of nitrogens with zero attached hydrogens (tertiary/aromatic N) is 4. The predicted molar refractivity (Wildman–Crippen MR) is 76.6 cm³/mol. The van der Waals surface area contributed by atoms with Gasteiger partial charge in [-0.25, -0.2) is 4.39 Å². The average Bonchev–Trinajstić information content (AvgIpc) is 3.10. The third-order valence-corrected chi connectivity index (χ3v) is 3.58. The van der Waals surface area contributed by atoms with E-state index in [1.807, 2.05) is 0 Å². The lowest BCUT2D eigenvalue weighted by Gasteiger charge is -2.01. The summed E-state index contributed by atoms with van der Waals surface area (Å²) in [5, 5.41) is 7.92. The summed E-state index contributed by atoms with van der Waals surface area (Å²) in [7, 11) is 1.80. The second-order valence-corrected chi connectivity index (χ2v) is 5.36. The van der Waals surface area contributed by atoms with Crippen LogP contribution in [-0.4, -0.2) is 19.9 Å². The average molecular weight is 352 g/mol. The van der Waals surface area contributed by atoms with Gasteiger partial charge in [0.2, 0.25) is 11.7 Å². The third-order valence-electron chi connectivity index (χ3n) is 2.97. The molecule has 0 aliphatic heterocycles. The smallest absolute Gasteiger partial charge is 0.248 e. The van der Waals surface area contributed by atoms with Crippen molar-refractivity contribution in [3.05, 3.63) is 52.3 Å². The highest BCUT2D eigenvalue weighted by Gasteiger charge is 2.19. The Labute approximate surface area is 127 Å². The summed E-state index contributed by atoms with van der Waals surface area (Å²) in [6, 6.07) is 3.93. The molecular formula is C13H11BrFN5O. The maximum Gasteiger partial charge on any atom is 0.248 e. The molecule has 2 N–H and O–H groups in total. The van der Waals surface area contributed by atoms with E-state index in [0.29, 0.717) is 15.9 Å². The van der Waals surface area contributed by atoms with Gasteiger partial charge in [0.25, 0.3) is 0 Å². The van der Waals surface area contributed by atoms with Crippen molar-refractivity contribution in [3.8, 4) is 11.4 Å². The lowest BCUT2D eigenvalue weighted by molar-refractivity contribution is 0.367. The highest BCUT2D eigenvalue weighted by atomic mass is 79.9. The number of aryl methyl sites for hydroxylation is 1. The van der Waals surface area contributed by atoms with Crippen LogP contribution in [0.2, 0.25) is 0 Å². The van der Waals surface area contributed by atoms with Gasteiger partial charge in [-0.05, 0) is 34.1 Å². The van der Waals surface area contributed by atoms with Crippen molar-refractivity contribution in [2.45, 2.75) is 6.04 Å². The minimum Gasteiger partial charge on any atom is -0.337 e. The Morgan fingerprint density at radius 2 is 2.24 bits per heavy atom. The van der Waals surface area contributed by atoms with E-state index < -0.39 is 6.04 Å². The van der Waals surface area contributed by atoms with Crippen LogP contribution in [0.5, 0.6) is 0 Å². The molecule has 0 amide bonds. The normalized spacial score (nSPS) is 12.6. The summed E-state index contributed by atoms with van der Waals surface area (Å²) in [4.78, 5) is 4.25. The van der Waals surface area contributed by atoms with Gasteiger partial charge < -0.3 is 10.3 Å². The topological polar surface area (TPSA) is 82.8 Å². The molecule has 0 aliphatic rings. The molecule has 0 aliphatic carbocycles. The van der Waals surface area contributed by atoms with Gasteiger partial charge in [0, 0.05) is 24.4 Å². The van der Waals surface area contributed by atoms with Gasteiger partial charge in [0.05, 0.1) is 10.7 Å². The molecule has 3 aromatic rings. The number of hydrogen-bond donors (Lipinski definition) is 1. The summed E-state index contributed by atoms with van der Waals surface area (Å²) in [5.41, 5.74) is 7.46. The number of nitrogens with two attached hydrogens (primary N) is 1. The van der Waals surface area contributed by atoms with Crippen molar-refractivity contribution in [2.75, 3.05) is 0 Å². The van der Waals surface area contributed by atoms with Gasteiger partial charge in [-0.2, -0.15) is 10.1 Å². The van der Waals surface area contributed by atoms with Gasteiger partial charge >= 0.3 is 0 Å². The predicted octanol–water partition coefficient (Wildman–Crippen LogP) is 2.42. The van der Waals surface area contributed by atoms with Crippen LogP contribution in [-0.2, 0) is 7.05 Å². The second kappa shape index (κ2) is 5.38. The summed E-state index contributed by atoms with van der Waals surface area (Å²) in [6.45, 7) is 0. The van der Waals surface area contributed by atoms with E-state index in [2.05, 4.69) is 31.2 Å². The van der Waals surface area contributed by atoms with E-state index >= 15 is 0 Å². The first-order chi connectivity index (χ1) is 10.0. The zero-order chi connectivity index (χ0) is 15.0. The summed E-state index contributed by atoms with van der Waals surface area (Å²) < 4.78 is 20.4. The fourth-order valence-electron chi connectivity index (χ4n) is 1.86. The van der Waals surface area contributed by atoms with Crippen molar-refractivity contribution in [2.24, 2.45) is 12.8 Å². The van der Waals surface area contributed by atoms with Gasteiger partial charge in [0.15, 0.2) is 0 Å². The zero-order valence-corrected chi connectivity index (χ0v) is 12.6. The molecule has 1 atom stereocenters. The van der Waals surface area contributed by atoms with Crippen molar-refractivity contribution in [1.29, 1.82) is 0 Å². The minimum absolute atomic E-state index is 0.276. The summed E-state index contributed by atoms with van der Waals surface area (Å²) >= 11 is 3.12. The number of rotatable bonds is 3. The Kier molecular flexibility index (Phi) is 3.56. The maximum atomic E-state index is 13.2. The molecule has 3 rings (SSSR count). The van der Waals surface area contributed by atoms with E-state index in [9.17, 15) is 4.39 Å². The van der Waals surface area contributed by atoms with Crippen LogP contribution in [0.4, 0.5) is 4.39 Å². The van der Waals surface area contributed by atoms with Gasteiger partial charge in [-0.1, -0.05) is 5.16 Å². The number of halogens is 2. The van der Waals surface area contributed by atoms with Crippen LogP contribution in [0.3, 0.4) is 0 Å². The molecule has 2 aromatic heterocycles. The van der Waals surface area contributed by atoms with E-state index in [1.165, 1.54) is 6.07 Å². The van der Waals surface area contributed by atoms with Crippen molar-refractivity contribution >= 4 is 15.9 Å². The first kappa shape index (κ1) is 13.9. The molecule has 0 spiro atoms. The summed E-state index contributed by atoms with van der Waals surface area (Å²) in [6.07, 6.45) is 3.42. The van der Waals surface area contributed by atoms with Crippen LogP contribution in [0.25, 0.3) is 11.4 Å². The Hall–Kier alpha value is -2.06. The Bertz CT molecular complexity index is 784. The van der Waals surface area contributed by atoms with Crippen LogP contribution >= 0.6 is 15.9 Å². The Balaban J connectivity index is 1.90. The lowest BCUT2D eigenvalue weighted by Crippen LogP contribution is -2.11. The first-order valence-electron chi connectivity index (χ1n) is 6.08. The largest absolute Gasteiger partial charge is 0.337 e. The molecule has 108 valence electrons. The molecule has 8 heteroatoms. The van der Waals surface area contributed by atoms with E-state index in [1.54, 1.807) is 36.3 Å². The third kappa shape index (κ3) is 2.72. The van der Waals surface area contributed by atoms with Gasteiger partial charge in [-0.15, -0.1) is 0 Å². The molecule has 2 heterocycles. The molecule has 0 bridgehead atoms. The molecule has 0 saturated heterocycles. The molecule has 0 fully saturated rings. The molecule has 21 heavy (non-hydrogen) atoms. The fourth-order valence-corrected chi connectivity index (χ4v) is 2.24.